The predicted octanol–water partition coefficient (Wildman–Crippen LogP) is 12.2. The molecule has 0 bridgehead atoms. The average molecular weight is 663 g/mol. The van der Waals surface area contributed by atoms with E-state index in [9.17, 15) is 0 Å². The Morgan fingerprint density at radius 3 is 1.71 bits per heavy atom. The minimum absolute atomic E-state index is 0.898. The van der Waals surface area contributed by atoms with Crippen LogP contribution in [0, 0.1) is 0 Å². The van der Waals surface area contributed by atoms with Crippen molar-refractivity contribution in [2.24, 2.45) is 0 Å². The van der Waals surface area contributed by atoms with E-state index in [0.717, 1.165) is 77.6 Å². The van der Waals surface area contributed by atoms with Crippen LogP contribution in [-0.2, 0) is 0 Å². The van der Waals surface area contributed by atoms with Gasteiger partial charge in [0.1, 0.15) is 0 Å². The number of para-hydroxylation sites is 1. The van der Waals surface area contributed by atoms with E-state index in [2.05, 4.69) is 143 Å². The maximum absolute atomic E-state index is 5.31. The molecule has 4 heterocycles. The van der Waals surface area contributed by atoms with Crippen LogP contribution in [-0.4, -0.2) is 19.9 Å². The molecule has 242 valence electrons. The van der Waals surface area contributed by atoms with Crippen molar-refractivity contribution < 1.29 is 0 Å². The summed E-state index contributed by atoms with van der Waals surface area (Å²) in [5, 5.41) is 5.74. The van der Waals surface area contributed by atoms with Crippen molar-refractivity contribution in [2.75, 3.05) is 0 Å². The van der Waals surface area contributed by atoms with Gasteiger partial charge in [0.15, 0.2) is 0 Å². The van der Waals surface area contributed by atoms with E-state index >= 15 is 0 Å². The molecule has 4 aromatic heterocycles. The average Bonchev–Trinajstić information content (AvgIpc) is 3.23. The van der Waals surface area contributed by atoms with Crippen molar-refractivity contribution >= 4 is 43.5 Å². The van der Waals surface area contributed by atoms with E-state index in [1.807, 2.05) is 48.8 Å². The molecule has 0 aliphatic rings. The number of benzene rings is 6. The third kappa shape index (κ3) is 5.17. The smallest absolute Gasteiger partial charge is 0.0978 e. The largest absolute Gasteiger partial charge is 0.256 e. The standard InChI is InChI=1S/C48H30N4/c1-2-12-38-32(10-1)11-9-14-39(38)46-40-13-3-4-17-45(40)52-48-41(46)24-22-34-23-25-44(51-47(34)48)33-20-18-31(19-21-33)35-28-36(42-15-5-7-26-49-42)30-37(29-35)43-16-6-8-27-50-43/h1-30H. The Labute approximate surface area is 300 Å². The highest BCUT2D eigenvalue weighted by Gasteiger charge is 2.17. The lowest BCUT2D eigenvalue weighted by molar-refractivity contribution is 1.31. The van der Waals surface area contributed by atoms with Gasteiger partial charge in [0.2, 0.25) is 0 Å². The van der Waals surface area contributed by atoms with E-state index in [0.29, 0.717) is 0 Å². The Bertz CT molecular complexity index is 2880. The Balaban J connectivity index is 1.10. The van der Waals surface area contributed by atoms with Gasteiger partial charge in [0.25, 0.3) is 0 Å². The lowest BCUT2D eigenvalue weighted by atomic mass is 9.91. The van der Waals surface area contributed by atoms with Crippen LogP contribution >= 0.6 is 0 Å². The maximum Gasteiger partial charge on any atom is 0.0978 e. The summed E-state index contributed by atoms with van der Waals surface area (Å²) in [6.07, 6.45) is 3.67. The Morgan fingerprint density at radius 2 is 0.962 bits per heavy atom. The van der Waals surface area contributed by atoms with E-state index in [1.165, 1.54) is 21.9 Å². The summed E-state index contributed by atoms with van der Waals surface area (Å²) in [5.74, 6) is 0. The van der Waals surface area contributed by atoms with Gasteiger partial charge in [-0.3, -0.25) is 9.97 Å². The summed E-state index contributed by atoms with van der Waals surface area (Å²) in [5.41, 5.74) is 13.3. The first-order valence-electron chi connectivity index (χ1n) is 17.5. The first-order valence-corrected chi connectivity index (χ1v) is 17.5. The molecule has 4 heteroatoms. The molecule has 10 aromatic rings. The molecule has 0 spiro atoms. The summed E-state index contributed by atoms with van der Waals surface area (Å²) >= 11 is 0. The monoisotopic (exact) mass is 662 g/mol. The van der Waals surface area contributed by atoms with Gasteiger partial charge >= 0.3 is 0 Å². The zero-order valence-electron chi connectivity index (χ0n) is 28.1. The van der Waals surface area contributed by atoms with Gasteiger partial charge in [0.05, 0.1) is 33.6 Å². The number of nitrogens with zero attached hydrogens (tertiary/aromatic N) is 4. The van der Waals surface area contributed by atoms with Crippen LogP contribution in [0.5, 0.6) is 0 Å². The molecule has 4 nitrogen and oxygen atoms in total. The number of hydrogen-bond acceptors (Lipinski definition) is 4. The zero-order valence-corrected chi connectivity index (χ0v) is 28.1. The van der Waals surface area contributed by atoms with Gasteiger partial charge in [-0.25, -0.2) is 9.97 Å². The Hall–Kier alpha value is -7.04. The first-order chi connectivity index (χ1) is 25.8. The Morgan fingerprint density at radius 1 is 0.327 bits per heavy atom. The summed E-state index contributed by atoms with van der Waals surface area (Å²) < 4.78 is 0. The molecule has 0 atom stereocenters. The number of pyridine rings is 4. The molecule has 0 aliphatic carbocycles. The van der Waals surface area contributed by atoms with E-state index in [4.69, 9.17) is 9.97 Å². The molecule has 0 saturated carbocycles. The highest BCUT2D eigenvalue weighted by atomic mass is 14.8. The highest BCUT2D eigenvalue weighted by Crippen LogP contribution is 2.40. The van der Waals surface area contributed by atoms with E-state index < -0.39 is 0 Å². The normalized spacial score (nSPS) is 11.5. The highest BCUT2D eigenvalue weighted by molar-refractivity contribution is 6.19. The minimum Gasteiger partial charge on any atom is -0.256 e. The molecule has 0 aliphatic heterocycles. The second-order valence-corrected chi connectivity index (χ2v) is 13.1. The number of hydrogen-bond donors (Lipinski definition) is 0. The van der Waals surface area contributed by atoms with Crippen molar-refractivity contribution in [1.82, 2.24) is 19.9 Å². The van der Waals surface area contributed by atoms with Gasteiger partial charge in [-0.15, -0.1) is 0 Å². The number of rotatable bonds is 5. The Kier molecular flexibility index (Phi) is 7.10. The molecule has 6 aromatic carbocycles. The number of aromatic nitrogens is 4. The fourth-order valence-electron chi connectivity index (χ4n) is 7.42. The van der Waals surface area contributed by atoms with Gasteiger partial charge in [-0.1, -0.05) is 115 Å². The summed E-state index contributed by atoms with van der Waals surface area (Å²) in [6, 6.07) is 59.5. The van der Waals surface area contributed by atoms with Gasteiger partial charge in [0, 0.05) is 50.8 Å². The predicted molar refractivity (Wildman–Crippen MR) is 215 cm³/mol. The zero-order chi connectivity index (χ0) is 34.4. The maximum atomic E-state index is 5.31. The first kappa shape index (κ1) is 29.8. The van der Waals surface area contributed by atoms with Crippen LogP contribution in [0.25, 0.3) is 99.5 Å². The van der Waals surface area contributed by atoms with E-state index in [1.54, 1.807) is 0 Å². The topological polar surface area (TPSA) is 51.6 Å². The molecule has 0 N–H and O–H groups in total. The third-order valence-corrected chi connectivity index (χ3v) is 9.94. The van der Waals surface area contributed by atoms with Crippen LogP contribution < -0.4 is 0 Å². The molecule has 0 fully saturated rings. The van der Waals surface area contributed by atoms with Crippen molar-refractivity contribution in [1.29, 1.82) is 0 Å². The molecule has 0 unspecified atom stereocenters. The van der Waals surface area contributed by atoms with Crippen molar-refractivity contribution in [2.45, 2.75) is 0 Å². The third-order valence-electron chi connectivity index (χ3n) is 9.94. The lowest BCUT2D eigenvalue weighted by Crippen LogP contribution is -1.93. The van der Waals surface area contributed by atoms with Gasteiger partial charge < -0.3 is 0 Å². The van der Waals surface area contributed by atoms with Crippen LogP contribution in [0.3, 0.4) is 0 Å². The minimum atomic E-state index is 0.898. The SMILES string of the molecule is c1ccc(-c2cc(-c3ccc(-c4ccc5ccc6c(-c7cccc8ccccc78)c7ccccc7nc6c5n4)cc3)cc(-c3ccccn3)c2)nc1. The molecular weight excluding hydrogens is 633 g/mol. The van der Waals surface area contributed by atoms with Gasteiger partial charge in [-0.05, 0) is 82.1 Å². The summed E-state index contributed by atoms with van der Waals surface area (Å²) in [4.78, 5) is 19.8. The van der Waals surface area contributed by atoms with Crippen molar-refractivity contribution in [3.63, 3.8) is 0 Å². The molecule has 10 rings (SSSR count). The summed E-state index contributed by atoms with van der Waals surface area (Å²) in [7, 11) is 0. The summed E-state index contributed by atoms with van der Waals surface area (Å²) in [6.45, 7) is 0. The fourth-order valence-corrected chi connectivity index (χ4v) is 7.42. The second kappa shape index (κ2) is 12.4. The van der Waals surface area contributed by atoms with Crippen LogP contribution in [0.4, 0.5) is 0 Å². The molecular formula is C48H30N4. The van der Waals surface area contributed by atoms with E-state index in [-0.39, 0.29) is 0 Å². The van der Waals surface area contributed by atoms with Gasteiger partial charge in [-0.2, -0.15) is 0 Å². The quantitative estimate of drug-likeness (QED) is 0.136. The van der Waals surface area contributed by atoms with Crippen molar-refractivity contribution in [3.8, 4) is 56.0 Å². The number of fused-ring (bicyclic) bond motifs is 5. The molecule has 52 heavy (non-hydrogen) atoms. The fraction of sp³-hybridized carbons (Fsp3) is 0. The van der Waals surface area contributed by atoms with Crippen LogP contribution in [0.1, 0.15) is 0 Å². The van der Waals surface area contributed by atoms with Crippen LogP contribution in [0.2, 0.25) is 0 Å². The molecule has 0 radical (unpaired) electrons. The molecule has 0 amide bonds. The van der Waals surface area contributed by atoms with Crippen LogP contribution in [0.15, 0.2) is 182 Å². The second-order valence-electron chi connectivity index (χ2n) is 13.1. The lowest BCUT2D eigenvalue weighted by Gasteiger charge is -2.15. The van der Waals surface area contributed by atoms with Crippen molar-refractivity contribution in [3.05, 3.63) is 182 Å². The molecule has 0 saturated heterocycles.